The Morgan fingerprint density at radius 3 is 3.00 bits per heavy atom. The number of aryl methyl sites for hydroxylation is 2. The minimum Gasteiger partial charge on any atom is -0.493 e. The number of piperazine rings is 1. The summed E-state index contributed by atoms with van der Waals surface area (Å²) >= 11 is 0. The van der Waals surface area contributed by atoms with Gasteiger partial charge in [0.25, 0.3) is 0 Å². The molecule has 0 unspecified atom stereocenters. The summed E-state index contributed by atoms with van der Waals surface area (Å²) in [6.07, 6.45) is 7.02. The van der Waals surface area contributed by atoms with E-state index in [1.165, 1.54) is 16.7 Å². The van der Waals surface area contributed by atoms with Crippen LogP contribution in [0.4, 0.5) is 5.82 Å². The van der Waals surface area contributed by atoms with Crippen LogP contribution in [-0.2, 0) is 17.6 Å². The highest BCUT2D eigenvalue weighted by atomic mass is 16.5. The van der Waals surface area contributed by atoms with Gasteiger partial charge in [-0.1, -0.05) is 18.2 Å². The van der Waals surface area contributed by atoms with Crippen LogP contribution in [0, 0.1) is 12.8 Å². The van der Waals surface area contributed by atoms with Crippen LogP contribution < -0.4 is 9.64 Å². The van der Waals surface area contributed by atoms with Crippen LogP contribution in [0.3, 0.4) is 0 Å². The van der Waals surface area contributed by atoms with Crippen LogP contribution >= 0.6 is 0 Å². The maximum absolute atomic E-state index is 12.9. The number of benzene rings is 1. The topological polar surface area (TPSA) is 45.7 Å². The fraction of sp³-hybridized carbons (Fsp3) is 0.500. The van der Waals surface area contributed by atoms with Gasteiger partial charge in [-0.05, 0) is 55.9 Å². The second-order valence-corrected chi connectivity index (χ2v) is 8.64. The zero-order valence-corrected chi connectivity index (χ0v) is 17.1. The van der Waals surface area contributed by atoms with Crippen molar-refractivity contribution in [1.29, 1.82) is 0 Å². The summed E-state index contributed by atoms with van der Waals surface area (Å²) in [5.74, 6) is 2.64. The molecule has 0 aliphatic carbocycles. The molecular weight excluding hydrogens is 362 g/mol. The summed E-state index contributed by atoms with van der Waals surface area (Å²) in [6.45, 7) is 5.46. The van der Waals surface area contributed by atoms with Crippen molar-refractivity contribution >= 4 is 11.7 Å². The van der Waals surface area contributed by atoms with E-state index in [9.17, 15) is 4.79 Å². The fourth-order valence-electron chi connectivity index (χ4n) is 5.17. The number of pyridine rings is 1. The molecule has 0 radical (unpaired) electrons. The molecule has 29 heavy (non-hydrogen) atoms. The number of ether oxygens (including phenoxy) is 1. The molecule has 5 rings (SSSR count). The average molecular weight is 392 g/mol. The highest BCUT2D eigenvalue weighted by Crippen LogP contribution is 2.33. The number of hydrogen-bond acceptors (Lipinski definition) is 4. The van der Waals surface area contributed by atoms with E-state index in [2.05, 4.69) is 52.0 Å². The molecule has 3 aliphatic heterocycles. The number of aromatic nitrogens is 1. The van der Waals surface area contributed by atoms with Crippen molar-refractivity contribution in [3.05, 3.63) is 53.2 Å². The molecular formula is C24H29N3O2. The number of nitrogens with zero attached hydrogens (tertiary/aromatic N) is 3. The van der Waals surface area contributed by atoms with E-state index in [4.69, 9.17) is 4.74 Å². The molecule has 3 aliphatic rings. The fourth-order valence-corrected chi connectivity index (χ4v) is 5.17. The van der Waals surface area contributed by atoms with E-state index >= 15 is 0 Å². The summed E-state index contributed by atoms with van der Waals surface area (Å²) in [5.41, 5.74) is 3.96. The van der Waals surface area contributed by atoms with E-state index in [1.54, 1.807) is 0 Å². The van der Waals surface area contributed by atoms with E-state index in [-0.39, 0.29) is 5.92 Å². The first kappa shape index (κ1) is 18.5. The number of hydrogen-bond donors (Lipinski definition) is 0. The lowest BCUT2D eigenvalue weighted by Gasteiger charge is -2.38. The second-order valence-electron chi connectivity index (χ2n) is 8.64. The van der Waals surface area contributed by atoms with Crippen LogP contribution in [-0.4, -0.2) is 48.1 Å². The number of carbonyl (C=O) groups excluding carboxylic acids is 1. The number of rotatable bonds is 5. The van der Waals surface area contributed by atoms with Crippen molar-refractivity contribution < 1.29 is 9.53 Å². The van der Waals surface area contributed by atoms with Crippen LogP contribution in [0.1, 0.15) is 36.0 Å². The SMILES string of the molecule is Cc1ccc(N2CCN3C(=O)[C@@H](CCCc4cccc5c4CCO5)C[C@H]3C2)nc1. The second kappa shape index (κ2) is 7.69. The first-order valence-electron chi connectivity index (χ1n) is 10.9. The van der Waals surface area contributed by atoms with Crippen molar-refractivity contribution in [3.63, 3.8) is 0 Å². The summed E-state index contributed by atoms with van der Waals surface area (Å²) in [5, 5.41) is 0. The zero-order valence-electron chi connectivity index (χ0n) is 17.1. The van der Waals surface area contributed by atoms with E-state index in [0.717, 1.165) is 69.9 Å². The number of fused-ring (bicyclic) bond motifs is 2. The smallest absolute Gasteiger partial charge is 0.226 e. The molecule has 0 saturated carbocycles. The Labute approximate surface area is 172 Å². The van der Waals surface area contributed by atoms with Crippen molar-refractivity contribution in [2.75, 3.05) is 31.1 Å². The number of carbonyl (C=O) groups is 1. The zero-order chi connectivity index (χ0) is 19.8. The highest BCUT2D eigenvalue weighted by molar-refractivity contribution is 5.82. The molecule has 0 bridgehead atoms. The Balaban J connectivity index is 1.18. The maximum atomic E-state index is 12.9. The maximum Gasteiger partial charge on any atom is 0.226 e. The number of amides is 1. The van der Waals surface area contributed by atoms with Gasteiger partial charge in [0.2, 0.25) is 5.91 Å². The van der Waals surface area contributed by atoms with E-state index < -0.39 is 0 Å². The van der Waals surface area contributed by atoms with Crippen molar-refractivity contribution in [3.8, 4) is 5.75 Å². The lowest BCUT2D eigenvalue weighted by molar-refractivity contribution is -0.132. The van der Waals surface area contributed by atoms with Gasteiger partial charge in [-0.3, -0.25) is 4.79 Å². The molecule has 1 aromatic heterocycles. The average Bonchev–Trinajstić information content (AvgIpc) is 3.34. The molecule has 152 valence electrons. The van der Waals surface area contributed by atoms with Crippen LogP contribution in [0.2, 0.25) is 0 Å². The van der Waals surface area contributed by atoms with Gasteiger partial charge >= 0.3 is 0 Å². The molecule has 1 aromatic carbocycles. The van der Waals surface area contributed by atoms with Crippen LogP contribution in [0.15, 0.2) is 36.5 Å². The third-order valence-corrected chi connectivity index (χ3v) is 6.73. The normalized spacial score (nSPS) is 23.1. The van der Waals surface area contributed by atoms with Crippen LogP contribution in [0.5, 0.6) is 5.75 Å². The monoisotopic (exact) mass is 391 g/mol. The lowest BCUT2D eigenvalue weighted by atomic mass is 9.94. The van der Waals surface area contributed by atoms with Gasteiger partial charge in [0.05, 0.1) is 12.6 Å². The molecule has 2 atom stereocenters. The molecule has 1 amide bonds. The lowest BCUT2D eigenvalue weighted by Crippen LogP contribution is -2.51. The molecule has 5 nitrogen and oxygen atoms in total. The molecule has 0 spiro atoms. The van der Waals surface area contributed by atoms with Gasteiger partial charge < -0.3 is 14.5 Å². The Morgan fingerprint density at radius 2 is 2.14 bits per heavy atom. The van der Waals surface area contributed by atoms with Gasteiger partial charge in [-0.2, -0.15) is 0 Å². The van der Waals surface area contributed by atoms with Gasteiger partial charge in [0, 0.05) is 43.7 Å². The minimum absolute atomic E-state index is 0.180. The summed E-state index contributed by atoms with van der Waals surface area (Å²) in [7, 11) is 0. The van der Waals surface area contributed by atoms with Gasteiger partial charge in [-0.15, -0.1) is 0 Å². The first-order valence-corrected chi connectivity index (χ1v) is 10.9. The summed E-state index contributed by atoms with van der Waals surface area (Å²) in [4.78, 5) is 22.0. The molecule has 5 heteroatoms. The van der Waals surface area contributed by atoms with Crippen LogP contribution in [0.25, 0.3) is 0 Å². The predicted octanol–water partition coefficient (Wildman–Crippen LogP) is 3.38. The Bertz CT molecular complexity index is 895. The van der Waals surface area contributed by atoms with Gasteiger partial charge in [0.1, 0.15) is 11.6 Å². The number of anilines is 1. The Kier molecular flexibility index (Phi) is 4.90. The highest BCUT2D eigenvalue weighted by Gasteiger charge is 2.42. The largest absolute Gasteiger partial charge is 0.493 e. The molecule has 0 N–H and O–H groups in total. The molecule has 2 saturated heterocycles. The van der Waals surface area contributed by atoms with Crippen molar-refractivity contribution in [2.24, 2.45) is 5.92 Å². The van der Waals surface area contributed by atoms with E-state index in [0.29, 0.717) is 11.9 Å². The standard InChI is InChI=1S/C24H29N3O2/c1-17-8-9-23(25-15-17)26-11-12-27-20(16-26)14-19(24(27)28)6-2-4-18-5-3-7-22-21(18)10-13-29-22/h3,5,7-9,15,19-20H,2,4,6,10-14,16H2,1H3/t19-,20-/m0/s1. The first-order chi connectivity index (χ1) is 14.2. The predicted molar refractivity (Wildman–Crippen MR) is 113 cm³/mol. The Hall–Kier alpha value is -2.56. The molecule has 2 aromatic rings. The third kappa shape index (κ3) is 3.59. The third-order valence-electron chi connectivity index (χ3n) is 6.73. The van der Waals surface area contributed by atoms with Gasteiger partial charge in [0.15, 0.2) is 0 Å². The van der Waals surface area contributed by atoms with Crippen molar-refractivity contribution in [1.82, 2.24) is 9.88 Å². The summed E-state index contributed by atoms with van der Waals surface area (Å²) < 4.78 is 5.68. The van der Waals surface area contributed by atoms with Gasteiger partial charge in [-0.25, -0.2) is 4.98 Å². The molecule has 4 heterocycles. The summed E-state index contributed by atoms with van der Waals surface area (Å²) in [6, 6.07) is 10.9. The quantitative estimate of drug-likeness (QED) is 0.784. The Morgan fingerprint density at radius 1 is 1.21 bits per heavy atom. The van der Waals surface area contributed by atoms with Crippen molar-refractivity contribution in [2.45, 2.75) is 45.1 Å². The van der Waals surface area contributed by atoms with E-state index in [1.807, 2.05) is 6.20 Å². The molecule has 2 fully saturated rings. The minimum atomic E-state index is 0.180.